The molecule has 11 heavy (non-hydrogen) atoms. The van der Waals surface area contributed by atoms with Crippen molar-refractivity contribution >= 4 is 0 Å². The van der Waals surface area contributed by atoms with E-state index >= 15 is 0 Å². The molecule has 3 heteroatoms. The molecule has 0 aromatic heterocycles. The van der Waals surface area contributed by atoms with Crippen LogP contribution in [0.25, 0.3) is 0 Å². The zero-order valence-electron chi connectivity index (χ0n) is 6.70. The molecule has 2 unspecified atom stereocenters. The lowest BCUT2D eigenvalue weighted by Crippen LogP contribution is -2.13. The van der Waals surface area contributed by atoms with Gasteiger partial charge in [-0.15, -0.1) is 0 Å². The molecule has 0 spiro atoms. The topological polar surface area (TPSA) is 53.0 Å². The van der Waals surface area contributed by atoms with Gasteiger partial charge >= 0.3 is 0 Å². The zero-order valence-corrected chi connectivity index (χ0v) is 6.70. The van der Waals surface area contributed by atoms with E-state index in [0.29, 0.717) is 0 Å². The average Bonchev–Trinajstić information content (AvgIpc) is 2.79. The summed E-state index contributed by atoms with van der Waals surface area (Å²) in [7, 11) is 0. The summed E-state index contributed by atoms with van der Waals surface area (Å²) >= 11 is 0. The number of hydrogen-bond donors (Lipinski definition) is 2. The van der Waals surface area contributed by atoms with Gasteiger partial charge in [0, 0.05) is 6.61 Å². The Kier molecular flexibility index (Phi) is 3.83. The maximum Gasteiger partial charge on any atom is 0.107 e. The fourth-order valence-electron chi connectivity index (χ4n) is 1.11. The van der Waals surface area contributed by atoms with Crippen molar-refractivity contribution in [3.63, 3.8) is 0 Å². The van der Waals surface area contributed by atoms with E-state index in [0.717, 1.165) is 32.3 Å². The SMILES string of the molecule is OCCCCCC(O)C1CO1. The van der Waals surface area contributed by atoms with Crippen LogP contribution in [0.4, 0.5) is 0 Å². The third-order valence-electron chi connectivity index (χ3n) is 1.95. The van der Waals surface area contributed by atoms with E-state index in [1.165, 1.54) is 0 Å². The molecule has 1 saturated heterocycles. The van der Waals surface area contributed by atoms with E-state index in [1.807, 2.05) is 0 Å². The summed E-state index contributed by atoms with van der Waals surface area (Å²) in [5.41, 5.74) is 0. The summed E-state index contributed by atoms with van der Waals surface area (Å²) in [5, 5.41) is 17.8. The van der Waals surface area contributed by atoms with Crippen LogP contribution in [-0.4, -0.2) is 35.6 Å². The van der Waals surface area contributed by atoms with Crippen molar-refractivity contribution in [2.45, 2.75) is 37.9 Å². The van der Waals surface area contributed by atoms with Gasteiger partial charge < -0.3 is 14.9 Å². The van der Waals surface area contributed by atoms with Gasteiger partial charge in [-0.2, -0.15) is 0 Å². The van der Waals surface area contributed by atoms with Gasteiger partial charge in [-0.25, -0.2) is 0 Å². The van der Waals surface area contributed by atoms with Gasteiger partial charge in [-0.1, -0.05) is 12.8 Å². The minimum Gasteiger partial charge on any atom is -0.396 e. The standard InChI is InChI=1S/C8H16O3/c9-5-3-1-2-4-7(10)8-6-11-8/h7-10H,1-6H2. The largest absolute Gasteiger partial charge is 0.396 e. The van der Waals surface area contributed by atoms with Crippen molar-refractivity contribution in [1.82, 2.24) is 0 Å². The van der Waals surface area contributed by atoms with Gasteiger partial charge in [-0.3, -0.25) is 0 Å². The minimum atomic E-state index is -0.270. The molecule has 0 radical (unpaired) electrons. The van der Waals surface area contributed by atoms with Crippen LogP contribution in [-0.2, 0) is 4.74 Å². The molecule has 0 aliphatic carbocycles. The summed E-state index contributed by atoms with van der Waals surface area (Å²) in [6.45, 7) is 0.983. The lowest BCUT2D eigenvalue weighted by atomic mass is 10.1. The van der Waals surface area contributed by atoms with E-state index in [-0.39, 0.29) is 18.8 Å². The van der Waals surface area contributed by atoms with Gasteiger partial charge in [0.05, 0.1) is 12.7 Å². The second-order valence-electron chi connectivity index (χ2n) is 3.01. The lowest BCUT2D eigenvalue weighted by Gasteiger charge is -2.05. The number of aliphatic hydroxyl groups excluding tert-OH is 2. The smallest absolute Gasteiger partial charge is 0.107 e. The number of hydrogen-bond acceptors (Lipinski definition) is 3. The normalized spacial score (nSPS) is 25.1. The van der Waals surface area contributed by atoms with Crippen LogP contribution in [0.2, 0.25) is 0 Å². The average molecular weight is 160 g/mol. The molecule has 3 nitrogen and oxygen atoms in total. The highest BCUT2D eigenvalue weighted by Gasteiger charge is 2.30. The Morgan fingerprint density at radius 3 is 2.64 bits per heavy atom. The molecule has 0 aromatic carbocycles. The number of unbranched alkanes of at least 4 members (excludes halogenated alkanes) is 2. The summed E-state index contributed by atoms with van der Waals surface area (Å²) < 4.78 is 4.93. The first-order valence-electron chi connectivity index (χ1n) is 4.25. The van der Waals surface area contributed by atoms with Gasteiger partial charge in [0.15, 0.2) is 0 Å². The number of ether oxygens (including phenoxy) is 1. The Bertz CT molecular complexity index is 102. The fraction of sp³-hybridized carbons (Fsp3) is 1.00. The van der Waals surface area contributed by atoms with Gasteiger partial charge in [0.2, 0.25) is 0 Å². The van der Waals surface area contributed by atoms with E-state index in [9.17, 15) is 5.11 Å². The lowest BCUT2D eigenvalue weighted by molar-refractivity contribution is 0.123. The molecular formula is C8H16O3. The third kappa shape index (κ3) is 3.70. The zero-order chi connectivity index (χ0) is 8.10. The first-order valence-corrected chi connectivity index (χ1v) is 4.25. The first kappa shape index (κ1) is 8.97. The maximum absolute atomic E-state index is 9.30. The van der Waals surface area contributed by atoms with Crippen molar-refractivity contribution in [2.75, 3.05) is 13.2 Å². The Hall–Kier alpha value is -0.120. The quantitative estimate of drug-likeness (QED) is 0.434. The van der Waals surface area contributed by atoms with Crippen molar-refractivity contribution in [1.29, 1.82) is 0 Å². The summed E-state index contributed by atoms with van der Waals surface area (Å²) in [6.07, 6.45) is 3.49. The van der Waals surface area contributed by atoms with E-state index < -0.39 is 0 Å². The molecule has 1 aliphatic heterocycles. The molecule has 0 aromatic rings. The summed E-state index contributed by atoms with van der Waals surface area (Å²) in [4.78, 5) is 0. The number of epoxide rings is 1. The third-order valence-corrected chi connectivity index (χ3v) is 1.95. The van der Waals surface area contributed by atoms with E-state index in [4.69, 9.17) is 9.84 Å². The molecule has 66 valence electrons. The van der Waals surface area contributed by atoms with Crippen molar-refractivity contribution in [2.24, 2.45) is 0 Å². The molecule has 1 heterocycles. The highest BCUT2D eigenvalue weighted by atomic mass is 16.6. The minimum absolute atomic E-state index is 0.115. The molecule has 0 amide bonds. The van der Waals surface area contributed by atoms with Crippen LogP contribution in [0.15, 0.2) is 0 Å². The van der Waals surface area contributed by atoms with Gasteiger partial charge in [0.25, 0.3) is 0 Å². The van der Waals surface area contributed by atoms with Crippen LogP contribution >= 0.6 is 0 Å². The predicted octanol–water partition coefficient (Wildman–Crippen LogP) is 0.299. The summed E-state index contributed by atoms with van der Waals surface area (Å²) in [6, 6.07) is 0. The Labute approximate surface area is 67.0 Å². The molecule has 0 bridgehead atoms. The second kappa shape index (κ2) is 4.70. The van der Waals surface area contributed by atoms with Gasteiger partial charge in [0.1, 0.15) is 6.10 Å². The highest BCUT2D eigenvalue weighted by Crippen LogP contribution is 2.18. The number of rotatable bonds is 6. The summed E-state index contributed by atoms with van der Waals surface area (Å²) in [5.74, 6) is 0. The molecule has 2 N–H and O–H groups in total. The Morgan fingerprint density at radius 1 is 1.36 bits per heavy atom. The molecule has 2 atom stereocenters. The van der Waals surface area contributed by atoms with Crippen LogP contribution in [0, 0.1) is 0 Å². The van der Waals surface area contributed by atoms with Crippen LogP contribution in [0.3, 0.4) is 0 Å². The van der Waals surface area contributed by atoms with Crippen LogP contribution < -0.4 is 0 Å². The fourth-order valence-corrected chi connectivity index (χ4v) is 1.11. The van der Waals surface area contributed by atoms with Crippen molar-refractivity contribution in [3.05, 3.63) is 0 Å². The first-order chi connectivity index (χ1) is 5.34. The molecule has 1 aliphatic rings. The molecule has 0 saturated carbocycles. The van der Waals surface area contributed by atoms with Gasteiger partial charge in [-0.05, 0) is 12.8 Å². The number of aliphatic hydroxyl groups is 2. The Morgan fingerprint density at radius 2 is 2.09 bits per heavy atom. The van der Waals surface area contributed by atoms with E-state index in [1.54, 1.807) is 0 Å². The molecule has 1 fully saturated rings. The van der Waals surface area contributed by atoms with E-state index in [2.05, 4.69) is 0 Å². The predicted molar refractivity (Wildman–Crippen MR) is 41.3 cm³/mol. The maximum atomic E-state index is 9.30. The van der Waals surface area contributed by atoms with Crippen LogP contribution in [0.5, 0.6) is 0 Å². The second-order valence-corrected chi connectivity index (χ2v) is 3.01. The van der Waals surface area contributed by atoms with Crippen molar-refractivity contribution in [3.8, 4) is 0 Å². The molecule has 1 rings (SSSR count). The molecular weight excluding hydrogens is 144 g/mol. The van der Waals surface area contributed by atoms with Crippen molar-refractivity contribution < 1.29 is 14.9 Å². The highest BCUT2D eigenvalue weighted by molar-refractivity contribution is 4.77. The van der Waals surface area contributed by atoms with Crippen LogP contribution in [0.1, 0.15) is 25.7 Å². The Balaban J connectivity index is 1.85. The monoisotopic (exact) mass is 160 g/mol.